The number of rotatable bonds is 6. The number of nitrogens with one attached hydrogen (secondary N) is 1. The molecule has 0 saturated carbocycles. The SMILES string of the molecule is CCCc1ccc(Cc2ncc(CC3C=CC=CC3)[nH]2)cc1. The van der Waals surface area contributed by atoms with Crippen molar-refractivity contribution in [3.05, 3.63) is 77.4 Å². The largest absolute Gasteiger partial charge is 0.346 e. The molecule has 114 valence electrons. The van der Waals surface area contributed by atoms with E-state index < -0.39 is 0 Å². The lowest BCUT2D eigenvalue weighted by Crippen LogP contribution is -2.02. The summed E-state index contributed by atoms with van der Waals surface area (Å²) in [6.45, 7) is 2.22. The third kappa shape index (κ3) is 3.97. The molecule has 3 rings (SSSR count). The lowest BCUT2D eigenvalue weighted by atomic mass is 9.96. The van der Waals surface area contributed by atoms with Gasteiger partial charge in [-0.1, -0.05) is 61.9 Å². The maximum atomic E-state index is 4.54. The van der Waals surface area contributed by atoms with E-state index in [1.165, 1.54) is 23.2 Å². The molecule has 1 heterocycles. The molecule has 0 spiro atoms. The van der Waals surface area contributed by atoms with E-state index in [-0.39, 0.29) is 0 Å². The third-order valence-electron chi connectivity index (χ3n) is 4.17. The molecule has 1 atom stereocenters. The van der Waals surface area contributed by atoms with E-state index in [2.05, 4.69) is 65.5 Å². The third-order valence-corrected chi connectivity index (χ3v) is 4.17. The second-order valence-corrected chi connectivity index (χ2v) is 6.11. The summed E-state index contributed by atoms with van der Waals surface area (Å²) in [5.41, 5.74) is 3.98. The Morgan fingerprint density at radius 2 is 1.95 bits per heavy atom. The lowest BCUT2D eigenvalue weighted by molar-refractivity contribution is 0.643. The van der Waals surface area contributed by atoms with Gasteiger partial charge >= 0.3 is 0 Å². The Hall–Kier alpha value is -2.09. The smallest absolute Gasteiger partial charge is 0.110 e. The normalized spacial score (nSPS) is 17.0. The predicted molar refractivity (Wildman–Crippen MR) is 91.9 cm³/mol. The van der Waals surface area contributed by atoms with E-state index in [9.17, 15) is 0 Å². The molecule has 1 aromatic heterocycles. The minimum absolute atomic E-state index is 0.603. The minimum Gasteiger partial charge on any atom is -0.346 e. The van der Waals surface area contributed by atoms with Gasteiger partial charge in [0.2, 0.25) is 0 Å². The molecular formula is C20H24N2. The second-order valence-electron chi connectivity index (χ2n) is 6.11. The Morgan fingerprint density at radius 1 is 1.14 bits per heavy atom. The van der Waals surface area contributed by atoms with Gasteiger partial charge in [-0.3, -0.25) is 0 Å². The summed E-state index contributed by atoms with van der Waals surface area (Å²) >= 11 is 0. The summed E-state index contributed by atoms with van der Waals surface area (Å²) in [5, 5.41) is 0. The summed E-state index contributed by atoms with van der Waals surface area (Å²) in [4.78, 5) is 8.02. The van der Waals surface area contributed by atoms with Crippen molar-refractivity contribution in [3.63, 3.8) is 0 Å². The quantitative estimate of drug-likeness (QED) is 0.826. The summed E-state index contributed by atoms with van der Waals surface area (Å²) in [6, 6.07) is 8.92. The summed E-state index contributed by atoms with van der Waals surface area (Å²) in [7, 11) is 0. The first kappa shape index (κ1) is 14.8. The van der Waals surface area contributed by atoms with Crippen LogP contribution in [0.25, 0.3) is 0 Å². The van der Waals surface area contributed by atoms with Crippen LogP contribution in [0.4, 0.5) is 0 Å². The van der Waals surface area contributed by atoms with Crippen LogP contribution in [0, 0.1) is 5.92 Å². The van der Waals surface area contributed by atoms with Crippen molar-refractivity contribution in [2.75, 3.05) is 0 Å². The molecule has 0 bridgehead atoms. The molecule has 0 fully saturated rings. The number of imidazole rings is 1. The van der Waals surface area contributed by atoms with Crippen molar-refractivity contribution >= 4 is 0 Å². The molecule has 0 radical (unpaired) electrons. The average Bonchev–Trinajstić information content (AvgIpc) is 2.98. The van der Waals surface area contributed by atoms with Crippen molar-refractivity contribution < 1.29 is 0 Å². The standard InChI is InChI=1S/C20H24N2/c1-2-6-16-9-11-18(12-10-16)14-20-21-15-19(22-20)13-17-7-4-3-5-8-17/h3-5,7,9-12,15,17H,2,6,8,13-14H2,1H3,(H,21,22). The molecule has 22 heavy (non-hydrogen) atoms. The molecule has 2 heteroatoms. The topological polar surface area (TPSA) is 28.7 Å². The number of hydrogen-bond donors (Lipinski definition) is 1. The highest BCUT2D eigenvalue weighted by atomic mass is 14.9. The fraction of sp³-hybridized carbons (Fsp3) is 0.350. The van der Waals surface area contributed by atoms with E-state index >= 15 is 0 Å². The first-order chi connectivity index (χ1) is 10.8. The summed E-state index contributed by atoms with van der Waals surface area (Å²) in [6.07, 6.45) is 16.2. The number of H-pyrrole nitrogens is 1. The second kappa shape index (κ2) is 7.26. The first-order valence-electron chi connectivity index (χ1n) is 8.27. The van der Waals surface area contributed by atoms with Crippen LogP contribution in [0.1, 0.15) is 42.4 Å². The van der Waals surface area contributed by atoms with E-state index in [0.717, 1.165) is 31.5 Å². The number of aromatic amines is 1. The minimum atomic E-state index is 0.603. The Balaban J connectivity index is 1.59. The lowest BCUT2D eigenvalue weighted by Gasteiger charge is -2.10. The highest BCUT2D eigenvalue weighted by Gasteiger charge is 2.09. The van der Waals surface area contributed by atoms with Crippen LogP contribution in [0.3, 0.4) is 0 Å². The average molecular weight is 292 g/mol. The molecule has 0 saturated heterocycles. The van der Waals surface area contributed by atoms with Crippen LogP contribution in [0.5, 0.6) is 0 Å². The summed E-state index contributed by atoms with van der Waals surface area (Å²) in [5.74, 6) is 1.67. The molecule has 1 aliphatic rings. The highest BCUT2D eigenvalue weighted by Crippen LogP contribution is 2.17. The molecule has 1 aromatic carbocycles. The number of benzene rings is 1. The maximum absolute atomic E-state index is 4.54. The van der Waals surface area contributed by atoms with Gasteiger partial charge in [0, 0.05) is 18.3 Å². The van der Waals surface area contributed by atoms with E-state index in [1.54, 1.807) is 0 Å². The van der Waals surface area contributed by atoms with Crippen LogP contribution < -0.4 is 0 Å². The zero-order valence-corrected chi connectivity index (χ0v) is 13.3. The predicted octanol–water partition coefficient (Wildman–Crippen LogP) is 4.63. The monoisotopic (exact) mass is 292 g/mol. The highest BCUT2D eigenvalue weighted by molar-refractivity contribution is 5.25. The van der Waals surface area contributed by atoms with Crippen molar-refractivity contribution in [1.29, 1.82) is 0 Å². The Bertz CT molecular complexity index is 647. The zero-order valence-electron chi connectivity index (χ0n) is 13.3. The molecular weight excluding hydrogens is 268 g/mol. The molecule has 0 aliphatic heterocycles. The number of aromatic nitrogens is 2. The molecule has 2 nitrogen and oxygen atoms in total. The van der Waals surface area contributed by atoms with Gasteiger partial charge in [-0.05, 0) is 36.3 Å². The van der Waals surface area contributed by atoms with Gasteiger partial charge in [0.05, 0.1) is 0 Å². The Kier molecular flexibility index (Phi) is 4.89. The van der Waals surface area contributed by atoms with Crippen molar-refractivity contribution in [1.82, 2.24) is 9.97 Å². The maximum Gasteiger partial charge on any atom is 0.110 e. The van der Waals surface area contributed by atoms with E-state index in [0.29, 0.717) is 5.92 Å². The molecule has 1 unspecified atom stereocenters. The van der Waals surface area contributed by atoms with Gasteiger partial charge in [0.1, 0.15) is 5.82 Å². The fourth-order valence-electron chi connectivity index (χ4n) is 2.97. The van der Waals surface area contributed by atoms with Gasteiger partial charge < -0.3 is 4.98 Å². The van der Waals surface area contributed by atoms with Crippen molar-refractivity contribution in [3.8, 4) is 0 Å². The molecule has 0 amide bonds. The Labute approximate surface area is 133 Å². The number of allylic oxidation sites excluding steroid dienone is 4. The molecule has 1 N–H and O–H groups in total. The number of nitrogens with zero attached hydrogens (tertiary/aromatic N) is 1. The van der Waals surface area contributed by atoms with Crippen molar-refractivity contribution in [2.24, 2.45) is 5.92 Å². The van der Waals surface area contributed by atoms with Gasteiger partial charge in [-0.15, -0.1) is 0 Å². The number of aryl methyl sites for hydroxylation is 1. The van der Waals surface area contributed by atoms with Crippen LogP contribution in [-0.4, -0.2) is 9.97 Å². The van der Waals surface area contributed by atoms with Gasteiger partial charge in [0.15, 0.2) is 0 Å². The first-order valence-corrected chi connectivity index (χ1v) is 8.27. The zero-order chi connectivity index (χ0) is 15.2. The van der Waals surface area contributed by atoms with Crippen LogP contribution in [0.2, 0.25) is 0 Å². The van der Waals surface area contributed by atoms with Crippen LogP contribution >= 0.6 is 0 Å². The molecule has 2 aromatic rings. The van der Waals surface area contributed by atoms with Gasteiger partial charge in [0.25, 0.3) is 0 Å². The number of hydrogen-bond acceptors (Lipinski definition) is 1. The summed E-state index contributed by atoms with van der Waals surface area (Å²) < 4.78 is 0. The van der Waals surface area contributed by atoms with Gasteiger partial charge in [-0.2, -0.15) is 0 Å². The van der Waals surface area contributed by atoms with Crippen LogP contribution in [0.15, 0.2) is 54.8 Å². The van der Waals surface area contributed by atoms with Crippen molar-refractivity contribution in [2.45, 2.75) is 39.0 Å². The molecule has 1 aliphatic carbocycles. The van der Waals surface area contributed by atoms with E-state index in [1.807, 2.05) is 6.20 Å². The van der Waals surface area contributed by atoms with Crippen LogP contribution in [-0.2, 0) is 19.3 Å². The van der Waals surface area contributed by atoms with Gasteiger partial charge in [-0.25, -0.2) is 4.98 Å². The Morgan fingerprint density at radius 3 is 2.68 bits per heavy atom. The van der Waals surface area contributed by atoms with E-state index in [4.69, 9.17) is 0 Å². The fourth-order valence-corrected chi connectivity index (χ4v) is 2.97.